The van der Waals surface area contributed by atoms with Crippen LogP contribution in [-0.2, 0) is 13.6 Å². The van der Waals surface area contributed by atoms with Gasteiger partial charge in [0.25, 0.3) is 0 Å². The van der Waals surface area contributed by atoms with Gasteiger partial charge in [-0.3, -0.25) is 4.68 Å². The lowest BCUT2D eigenvalue weighted by Gasteiger charge is -1.97. The van der Waals surface area contributed by atoms with E-state index in [1.165, 1.54) is 0 Å². The largest absolute Gasteiger partial charge is 0.364 e. The Hall–Kier alpha value is -1.78. The van der Waals surface area contributed by atoms with Gasteiger partial charge in [-0.05, 0) is 0 Å². The highest BCUT2D eigenvalue weighted by atomic mass is 16.5. The summed E-state index contributed by atoms with van der Waals surface area (Å²) in [6.45, 7) is 0.681. The molecule has 0 radical (unpaired) electrons. The summed E-state index contributed by atoms with van der Waals surface area (Å²) >= 11 is 0. The fourth-order valence-corrected chi connectivity index (χ4v) is 1.02. The van der Waals surface area contributed by atoms with E-state index in [4.69, 9.17) is 4.52 Å². The minimum absolute atomic E-state index is 0.681. The first-order valence-electron chi connectivity index (χ1n) is 3.96. The number of anilines is 1. The second kappa shape index (κ2) is 3.30. The van der Waals surface area contributed by atoms with Crippen LogP contribution in [0.5, 0.6) is 0 Å². The highest BCUT2D eigenvalue weighted by Crippen LogP contribution is 2.04. The first-order chi connectivity index (χ1) is 6.34. The molecular weight excluding hydrogens is 168 g/mol. The Morgan fingerprint density at radius 1 is 1.62 bits per heavy atom. The summed E-state index contributed by atoms with van der Waals surface area (Å²) < 4.78 is 6.44. The van der Waals surface area contributed by atoms with Gasteiger partial charge >= 0.3 is 0 Å². The predicted octanol–water partition coefficient (Wildman–Crippen LogP) is 1.02. The van der Waals surface area contributed by atoms with Crippen LogP contribution in [0.1, 0.15) is 5.56 Å². The van der Waals surface area contributed by atoms with Crippen molar-refractivity contribution in [3.8, 4) is 0 Å². The average molecular weight is 178 g/mol. The molecule has 5 nitrogen and oxygen atoms in total. The topological polar surface area (TPSA) is 55.9 Å². The zero-order chi connectivity index (χ0) is 9.10. The molecule has 68 valence electrons. The van der Waals surface area contributed by atoms with Crippen LogP contribution in [-0.4, -0.2) is 14.9 Å². The van der Waals surface area contributed by atoms with Crippen molar-refractivity contribution in [2.24, 2.45) is 7.05 Å². The Labute approximate surface area is 75.3 Å². The van der Waals surface area contributed by atoms with Crippen LogP contribution in [0.2, 0.25) is 0 Å². The Bertz CT molecular complexity index is 365. The molecule has 0 aliphatic carbocycles. The van der Waals surface area contributed by atoms with Gasteiger partial charge in [0.05, 0.1) is 6.20 Å². The number of aromatic nitrogens is 3. The second-order valence-corrected chi connectivity index (χ2v) is 2.76. The summed E-state index contributed by atoms with van der Waals surface area (Å²) in [5.74, 6) is 0.851. The van der Waals surface area contributed by atoms with E-state index >= 15 is 0 Å². The Kier molecular flexibility index (Phi) is 1.99. The third-order valence-corrected chi connectivity index (χ3v) is 1.67. The number of nitrogens with one attached hydrogen (secondary N) is 1. The average Bonchev–Trinajstić information content (AvgIpc) is 2.71. The minimum Gasteiger partial charge on any atom is -0.364 e. The first kappa shape index (κ1) is 7.85. The third-order valence-electron chi connectivity index (χ3n) is 1.67. The van der Waals surface area contributed by atoms with Crippen molar-refractivity contribution in [1.29, 1.82) is 0 Å². The van der Waals surface area contributed by atoms with Gasteiger partial charge in [0, 0.05) is 31.4 Å². The number of hydrogen-bond acceptors (Lipinski definition) is 4. The van der Waals surface area contributed by atoms with Crippen molar-refractivity contribution in [2.75, 3.05) is 5.32 Å². The van der Waals surface area contributed by atoms with Crippen LogP contribution < -0.4 is 5.32 Å². The standard InChI is InChI=1S/C8H10N4O/c1-12-3-2-8(11-12)9-4-7-5-10-13-6-7/h2-3,5-6H,4H2,1H3,(H,9,11). The smallest absolute Gasteiger partial charge is 0.148 e. The normalized spacial score (nSPS) is 10.2. The Morgan fingerprint density at radius 3 is 3.15 bits per heavy atom. The lowest BCUT2D eigenvalue weighted by Crippen LogP contribution is -1.99. The maximum absolute atomic E-state index is 4.69. The molecule has 0 aliphatic rings. The summed E-state index contributed by atoms with van der Waals surface area (Å²) in [5.41, 5.74) is 1.01. The van der Waals surface area contributed by atoms with E-state index in [2.05, 4.69) is 15.6 Å². The molecule has 0 aliphatic heterocycles. The summed E-state index contributed by atoms with van der Waals surface area (Å²) in [4.78, 5) is 0. The molecule has 1 N–H and O–H groups in total. The van der Waals surface area contributed by atoms with E-state index in [0.29, 0.717) is 6.54 Å². The second-order valence-electron chi connectivity index (χ2n) is 2.76. The zero-order valence-corrected chi connectivity index (χ0v) is 7.27. The molecule has 0 spiro atoms. The molecule has 0 atom stereocenters. The number of rotatable bonds is 3. The third kappa shape index (κ3) is 1.87. The molecule has 2 aromatic rings. The fraction of sp³-hybridized carbons (Fsp3) is 0.250. The van der Waals surface area contributed by atoms with E-state index in [0.717, 1.165) is 11.4 Å². The highest BCUT2D eigenvalue weighted by Gasteiger charge is 1.97. The van der Waals surface area contributed by atoms with Gasteiger partial charge in [-0.25, -0.2) is 0 Å². The Balaban J connectivity index is 1.93. The molecule has 13 heavy (non-hydrogen) atoms. The van der Waals surface area contributed by atoms with E-state index in [1.807, 2.05) is 19.3 Å². The molecule has 0 bridgehead atoms. The molecule has 0 unspecified atom stereocenters. The summed E-state index contributed by atoms with van der Waals surface area (Å²) in [6, 6.07) is 1.91. The van der Waals surface area contributed by atoms with Gasteiger partial charge in [-0.15, -0.1) is 0 Å². The van der Waals surface area contributed by atoms with Crippen LogP contribution in [0.4, 0.5) is 5.82 Å². The monoisotopic (exact) mass is 178 g/mol. The Morgan fingerprint density at radius 2 is 2.54 bits per heavy atom. The molecule has 5 heteroatoms. The minimum atomic E-state index is 0.681. The van der Waals surface area contributed by atoms with Gasteiger partial charge < -0.3 is 9.84 Å². The summed E-state index contributed by atoms with van der Waals surface area (Å²) in [5, 5.41) is 10.9. The van der Waals surface area contributed by atoms with Gasteiger partial charge in [-0.1, -0.05) is 5.16 Å². The highest BCUT2D eigenvalue weighted by molar-refractivity contribution is 5.32. The predicted molar refractivity (Wildman–Crippen MR) is 47.0 cm³/mol. The van der Waals surface area contributed by atoms with E-state index in [9.17, 15) is 0 Å². The van der Waals surface area contributed by atoms with Gasteiger partial charge in [0.15, 0.2) is 0 Å². The van der Waals surface area contributed by atoms with Gasteiger partial charge in [0.1, 0.15) is 12.1 Å². The number of hydrogen-bond donors (Lipinski definition) is 1. The molecule has 2 heterocycles. The molecule has 0 saturated carbocycles. The van der Waals surface area contributed by atoms with Crippen molar-refractivity contribution >= 4 is 5.82 Å². The fourth-order valence-electron chi connectivity index (χ4n) is 1.02. The van der Waals surface area contributed by atoms with Crippen LogP contribution >= 0.6 is 0 Å². The summed E-state index contributed by atoms with van der Waals surface area (Å²) in [7, 11) is 1.88. The summed E-state index contributed by atoms with van der Waals surface area (Å²) in [6.07, 6.45) is 5.17. The van der Waals surface area contributed by atoms with Crippen molar-refractivity contribution in [3.63, 3.8) is 0 Å². The van der Waals surface area contributed by atoms with Crippen molar-refractivity contribution in [2.45, 2.75) is 6.54 Å². The van der Waals surface area contributed by atoms with Gasteiger partial charge in [0.2, 0.25) is 0 Å². The lowest BCUT2D eigenvalue weighted by atomic mass is 10.4. The van der Waals surface area contributed by atoms with Crippen molar-refractivity contribution < 1.29 is 4.52 Å². The molecule has 0 amide bonds. The van der Waals surface area contributed by atoms with Crippen LogP contribution in [0.25, 0.3) is 0 Å². The zero-order valence-electron chi connectivity index (χ0n) is 7.27. The maximum Gasteiger partial charge on any atom is 0.148 e. The lowest BCUT2D eigenvalue weighted by molar-refractivity contribution is 0.419. The SMILES string of the molecule is Cn1ccc(NCc2cnoc2)n1. The van der Waals surface area contributed by atoms with E-state index in [1.54, 1.807) is 17.1 Å². The van der Waals surface area contributed by atoms with Crippen LogP contribution in [0, 0.1) is 0 Å². The molecule has 2 aromatic heterocycles. The molecule has 2 rings (SSSR count). The first-order valence-corrected chi connectivity index (χ1v) is 3.96. The molecule has 0 fully saturated rings. The quantitative estimate of drug-likeness (QED) is 0.762. The van der Waals surface area contributed by atoms with E-state index < -0.39 is 0 Å². The number of aryl methyl sites for hydroxylation is 1. The van der Waals surface area contributed by atoms with E-state index in [-0.39, 0.29) is 0 Å². The van der Waals surface area contributed by atoms with Gasteiger partial charge in [-0.2, -0.15) is 5.10 Å². The van der Waals surface area contributed by atoms with Crippen molar-refractivity contribution in [3.05, 3.63) is 30.3 Å². The molecule has 0 aromatic carbocycles. The van der Waals surface area contributed by atoms with Crippen LogP contribution in [0.3, 0.4) is 0 Å². The maximum atomic E-state index is 4.69. The van der Waals surface area contributed by atoms with Crippen molar-refractivity contribution in [1.82, 2.24) is 14.9 Å². The number of nitrogens with zero attached hydrogens (tertiary/aromatic N) is 3. The van der Waals surface area contributed by atoms with Crippen LogP contribution in [0.15, 0.2) is 29.2 Å². The molecular formula is C8H10N4O. The molecule has 0 saturated heterocycles.